The molecule has 2 aromatic carbocycles. The van der Waals surface area contributed by atoms with Crippen molar-refractivity contribution in [2.75, 3.05) is 20.0 Å². The third-order valence-corrected chi connectivity index (χ3v) is 5.07. The zero-order valence-corrected chi connectivity index (χ0v) is 15.5. The van der Waals surface area contributed by atoms with Crippen molar-refractivity contribution in [2.45, 2.75) is 6.04 Å². The highest BCUT2D eigenvalue weighted by atomic mass is 35.5. The third kappa shape index (κ3) is 3.29. The van der Waals surface area contributed by atoms with Gasteiger partial charge in [-0.3, -0.25) is 8.78 Å². The molecule has 1 atom stereocenters. The molecular formula is C19H14ClF4N3O2. The van der Waals surface area contributed by atoms with Crippen LogP contribution in [0.4, 0.5) is 17.6 Å². The van der Waals surface area contributed by atoms with Crippen molar-refractivity contribution in [3.05, 3.63) is 52.6 Å². The van der Waals surface area contributed by atoms with E-state index in [1.165, 1.54) is 6.07 Å². The Balaban J connectivity index is 1.88. The van der Waals surface area contributed by atoms with Crippen LogP contribution in [-0.2, 0) is 4.74 Å². The van der Waals surface area contributed by atoms with E-state index in [9.17, 15) is 17.6 Å². The number of aliphatic imine (C=N–C) groups is 1. The molecule has 2 N–H and O–H groups in total. The van der Waals surface area contributed by atoms with Crippen LogP contribution in [-0.4, -0.2) is 31.0 Å². The van der Waals surface area contributed by atoms with Crippen molar-refractivity contribution in [1.82, 2.24) is 4.98 Å². The standard InChI is InChI=1S/C19H14ClF4N3O2/c20-9-1-2-14-15(3-9)29-17(26-14)11-4-10(12(23)5-13(11)24)16-19(6-21,7-22)8-28-18(25)27-16/h1-5,16H,6-8H2,(H2,25,27)/t16-/m0/s1. The summed E-state index contributed by atoms with van der Waals surface area (Å²) in [7, 11) is 0. The van der Waals surface area contributed by atoms with E-state index in [0.29, 0.717) is 22.2 Å². The van der Waals surface area contributed by atoms with E-state index < -0.39 is 43.0 Å². The van der Waals surface area contributed by atoms with Gasteiger partial charge in [0.2, 0.25) is 5.89 Å². The number of benzene rings is 2. The van der Waals surface area contributed by atoms with Gasteiger partial charge in [0.05, 0.1) is 17.0 Å². The normalized spacial score (nSPS) is 18.5. The van der Waals surface area contributed by atoms with Crippen LogP contribution in [0, 0.1) is 17.0 Å². The molecule has 0 bridgehead atoms. The van der Waals surface area contributed by atoms with Crippen molar-refractivity contribution in [1.29, 1.82) is 0 Å². The molecule has 0 amide bonds. The number of amidine groups is 1. The van der Waals surface area contributed by atoms with Crippen molar-refractivity contribution in [3.63, 3.8) is 0 Å². The lowest BCUT2D eigenvalue weighted by Crippen LogP contribution is -2.44. The molecule has 10 heteroatoms. The van der Waals surface area contributed by atoms with Crippen molar-refractivity contribution in [3.8, 4) is 11.5 Å². The minimum atomic E-state index is -1.78. The Hall–Kier alpha value is -2.81. The molecule has 5 nitrogen and oxygen atoms in total. The molecule has 0 aliphatic carbocycles. The Labute approximate surface area is 167 Å². The SMILES string of the molecule is NC1=N[C@@H](c2cc(-c3nc4ccc(Cl)cc4o3)c(F)cc2F)C(CF)(CF)CO1. The van der Waals surface area contributed by atoms with Gasteiger partial charge in [-0.05, 0) is 18.2 Å². The van der Waals surface area contributed by atoms with Crippen molar-refractivity contribution in [2.24, 2.45) is 16.1 Å². The number of hydrogen-bond acceptors (Lipinski definition) is 5. The maximum absolute atomic E-state index is 14.6. The Morgan fingerprint density at radius 3 is 2.62 bits per heavy atom. The second-order valence-electron chi connectivity index (χ2n) is 6.77. The number of nitrogens with two attached hydrogens (primary N) is 1. The minimum Gasteiger partial charge on any atom is -0.465 e. The van der Waals surface area contributed by atoms with E-state index in [0.717, 1.165) is 6.07 Å². The zero-order valence-electron chi connectivity index (χ0n) is 14.8. The van der Waals surface area contributed by atoms with Gasteiger partial charge in [0.1, 0.15) is 37.1 Å². The number of aromatic nitrogens is 1. The Morgan fingerprint density at radius 2 is 1.90 bits per heavy atom. The molecule has 0 spiro atoms. The summed E-state index contributed by atoms with van der Waals surface area (Å²) in [6.45, 7) is -2.80. The molecule has 1 aliphatic heterocycles. The number of halogens is 5. The van der Waals surface area contributed by atoms with E-state index in [4.69, 9.17) is 26.5 Å². The highest BCUT2D eigenvalue weighted by Gasteiger charge is 2.46. The second-order valence-corrected chi connectivity index (χ2v) is 7.21. The van der Waals surface area contributed by atoms with Gasteiger partial charge in [-0.25, -0.2) is 18.8 Å². The van der Waals surface area contributed by atoms with E-state index in [-0.39, 0.29) is 23.0 Å². The topological polar surface area (TPSA) is 73.6 Å². The van der Waals surface area contributed by atoms with E-state index in [2.05, 4.69) is 9.98 Å². The molecule has 0 radical (unpaired) electrons. The van der Waals surface area contributed by atoms with Crippen LogP contribution in [0.1, 0.15) is 11.6 Å². The van der Waals surface area contributed by atoms with Crippen LogP contribution in [0.3, 0.4) is 0 Å². The van der Waals surface area contributed by atoms with Crippen LogP contribution in [0.5, 0.6) is 0 Å². The molecule has 0 fully saturated rings. The molecule has 3 aromatic rings. The first-order valence-electron chi connectivity index (χ1n) is 8.50. The number of hydrogen-bond donors (Lipinski definition) is 1. The van der Waals surface area contributed by atoms with Gasteiger partial charge in [0, 0.05) is 22.7 Å². The fourth-order valence-corrected chi connectivity index (χ4v) is 3.37. The molecular weight excluding hydrogens is 414 g/mol. The molecule has 1 aromatic heterocycles. The van der Waals surface area contributed by atoms with Crippen LogP contribution >= 0.6 is 11.6 Å². The van der Waals surface area contributed by atoms with Crippen LogP contribution in [0.25, 0.3) is 22.6 Å². The smallest absolute Gasteiger partial charge is 0.282 e. The first-order chi connectivity index (χ1) is 13.9. The van der Waals surface area contributed by atoms with Gasteiger partial charge in [-0.15, -0.1) is 0 Å². The summed E-state index contributed by atoms with van der Waals surface area (Å²) in [6, 6.07) is 4.63. The van der Waals surface area contributed by atoms with Crippen LogP contribution < -0.4 is 5.73 Å². The zero-order chi connectivity index (χ0) is 20.8. The summed E-state index contributed by atoms with van der Waals surface area (Å²) < 4.78 is 67.1. The summed E-state index contributed by atoms with van der Waals surface area (Å²) in [4.78, 5) is 8.06. The van der Waals surface area contributed by atoms with E-state index in [1.807, 2.05) is 0 Å². The molecule has 0 saturated carbocycles. The number of fused-ring (bicyclic) bond motifs is 1. The lowest BCUT2D eigenvalue weighted by molar-refractivity contribution is 0.0302. The Kier molecular flexibility index (Phi) is 4.85. The number of rotatable bonds is 4. The predicted molar refractivity (Wildman–Crippen MR) is 99.1 cm³/mol. The third-order valence-electron chi connectivity index (χ3n) is 4.84. The molecule has 152 valence electrons. The number of ether oxygens (including phenoxy) is 1. The largest absolute Gasteiger partial charge is 0.465 e. The van der Waals surface area contributed by atoms with Gasteiger partial charge in [-0.2, -0.15) is 0 Å². The van der Waals surface area contributed by atoms with E-state index >= 15 is 0 Å². The highest BCUT2D eigenvalue weighted by molar-refractivity contribution is 6.31. The fourth-order valence-electron chi connectivity index (χ4n) is 3.21. The molecule has 2 heterocycles. The average Bonchev–Trinajstić information content (AvgIpc) is 3.11. The molecule has 0 saturated heterocycles. The molecule has 4 rings (SSSR count). The van der Waals surface area contributed by atoms with Gasteiger partial charge in [0.25, 0.3) is 6.02 Å². The van der Waals surface area contributed by atoms with Gasteiger partial charge in [-0.1, -0.05) is 11.6 Å². The summed E-state index contributed by atoms with van der Waals surface area (Å²) in [6.07, 6.45) is 0. The lowest BCUT2D eigenvalue weighted by Gasteiger charge is -2.37. The van der Waals surface area contributed by atoms with Crippen molar-refractivity contribution < 1.29 is 26.7 Å². The lowest BCUT2D eigenvalue weighted by atomic mass is 9.78. The van der Waals surface area contributed by atoms with E-state index in [1.54, 1.807) is 12.1 Å². The first-order valence-corrected chi connectivity index (χ1v) is 8.88. The highest BCUT2D eigenvalue weighted by Crippen LogP contribution is 2.43. The van der Waals surface area contributed by atoms with Crippen molar-refractivity contribution >= 4 is 28.7 Å². The number of oxazole rings is 1. The second kappa shape index (κ2) is 7.22. The Bertz CT molecular complexity index is 1110. The van der Waals surface area contributed by atoms with Gasteiger partial charge < -0.3 is 14.9 Å². The molecule has 0 unspecified atom stereocenters. The van der Waals surface area contributed by atoms with Gasteiger partial charge >= 0.3 is 0 Å². The summed E-state index contributed by atoms with van der Waals surface area (Å²) in [5, 5.41) is 0.392. The molecule has 29 heavy (non-hydrogen) atoms. The Morgan fingerprint density at radius 1 is 1.14 bits per heavy atom. The summed E-state index contributed by atoms with van der Waals surface area (Å²) in [5.74, 6) is -2.13. The quantitative estimate of drug-likeness (QED) is 0.610. The summed E-state index contributed by atoms with van der Waals surface area (Å²) >= 11 is 5.91. The predicted octanol–water partition coefficient (Wildman–Crippen LogP) is 4.74. The number of nitrogens with zero attached hydrogens (tertiary/aromatic N) is 2. The number of alkyl halides is 2. The van der Waals surface area contributed by atoms with Crippen LogP contribution in [0.15, 0.2) is 39.7 Å². The molecule has 1 aliphatic rings. The minimum absolute atomic E-state index is 0.142. The maximum atomic E-state index is 14.6. The fraction of sp³-hybridized carbons (Fsp3) is 0.263. The maximum Gasteiger partial charge on any atom is 0.282 e. The summed E-state index contributed by atoms with van der Waals surface area (Å²) in [5.41, 5.74) is 4.01. The monoisotopic (exact) mass is 427 g/mol. The van der Waals surface area contributed by atoms with Gasteiger partial charge in [0.15, 0.2) is 5.58 Å². The average molecular weight is 428 g/mol. The first kappa shape index (κ1) is 19.5. The van der Waals surface area contributed by atoms with Crippen LogP contribution in [0.2, 0.25) is 5.02 Å².